The molecule has 1 fully saturated rings. The Kier molecular flexibility index (Phi) is 12.3. The second kappa shape index (κ2) is 17.2. The number of imidazole rings is 2. The summed E-state index contributed by atoms with van der Waals surface area (Å²) in [6.45, 7) is 10.6. The first-order chi connectivity index (χ1) is 27.9. The van der Waals surface area contributed by atoms with Crippen LogP contribution in [0.1, 0.15) is 75.1 Å². The van der Waals surface area contributed by atoms with E-state index in [-0.39, 0.29) is 24.4 Å². The van der Waals surface area contributed by atoms with Crippen molar-refractivity contribution in [3.05, 3.63) is 120 Å². The molecule has 9 nitrogen and oxygen atoms in total. The number of carbonyl (C=O) groups excluding carboxylic acids is 1. The first-order valence-electron chi connectivity index (χ1n) is 18.8. The molecule has 15 heteroatoms. The Hall–Kier alpha value is -6.38. The number of alkyl halides is 6. The van der Waals surface area contributed by atoms with Gasteiger partial charge in [-0.25, -0.2) is 14.8 Å². The van der Waals surface area contributed by atoms with Gasteiger partial charge in [0, 0.05) is 48.6 Å². The molecule has 308 valence electrons. The number of halogens is 6. The maximum atomic E-state index is 12.5. The Morgan fingerprint density at radius 1 is 0.746 bits per heavy atom. The van der Waals surface area contributed by atoms with Crippen LogP contribution in [0.5, 0.6) is 0 Å². The van der Waals surface area contributed by atoms with Crippen molar-refractivity contribution in [3.63, 3.8) is 0 Å². The van der Waals surface area contributed by atoms with Gasteiger partial charge in [0.25, 0.3) is 0 Å². The van der Waals surface area contributed by atoms with Crippen LogP contribution in [0, 0.1) is 19.8 Å². The van der Waals surface area contributed by atoms with Crippen LogP contribution in [0.3, 0.4) is 0 Å². The fraction of sp³-hybridized carbons (Fsp3) is 0.273. The molecule has 1 aliphatic rings. The summed E-state index contributed by atoms with van der Waals surface area (Å²) in [5.74, 6) is -0.298. The standard InChI is InChI=1S/C24H24F3N3O.C20H18F3N3O2/c1-3-16-11-20(28-9-8-24(25,26)27)23-29-13-21(30(23)14-16)18-6-7-19(15(2)10-18)22(31)12-17-4-5-17;1-3-13-9-16(24-7-6-20(21,22)23)18-25-10-17(26(18)11-13)14-4-5-15(19(27)28)12(2)8-14/h3,6-7,10-11,13-14,17,28H,1,4-5,8-9,12H2,2H3;3-5,8-11,24H,1,6-7H2,2H3,(H,27,28). The van der Waals surface area contributed by atoms with E-state index in [9.17, 15) is 41.0 Å². The van der Waals surface area contributed by atoms with Crippen LogP contribution in [0.15, 0.2) is 86.5 Å². The van der Waals surface area contributed by atoms with E-state index in [0.29, 0.717) is 51.8 Å². The Morgan fingerprint density at radius 2 is 1.19 bits per heavy atom. The SMILES string of the molecule is C=Cc1cc(NCCC(F)(F)F)c2ncc(-c3ccc(C(=O)CC4CC4)c(C)c3)n2c1.C=Cc1cc(NCCC(F)(F)F)c2ncc(-c3ccc(C(=O)O)c(C)c3)n2c1. The van der Waals surface area contributed by atoms with E-state index >= 15 is 0 Å². The van der Waals surface area contributed by atoms with Gasteiger partial charge in [0.2, 0.25) is 0 Å². The highest BCUT2D eigenvalue weighted by atomic mass is 19.4. The molecule has 0 bridgehead atoms. The molecule has 7 rings (SSSR count). The van der Waals surface area contributed by atoms with Crippen molar-refractivity contribution in [2.45, 2.75) is 58.3 Å². The number of Topliss-reactive ketones (excluding diaryl/α,β-unsaturated/α-hetero) is 1. The second-order valence-corrected chi connectivity index (χ2v) is 14.5. The highest BCUT2D eigenvalue weighted by Crippen LogP contribution is 2.35. The molecular formula is C44H42F6N6O3. The van der Waals surface area contributed by atoms with Crippen molar-refractivity contribution < 1.29 is 41.0 Å². The van der Waals surface area contributed by atoms with Gasteiger partial charge in [-0.1, -0.05) is 43.5 Å². The number of aromatic nitrogens is 4. The molecule has 0 spiro atoms. The molecule has 0 unspecified atom stereocenters. The van der Waals surface area contributed by atoms with Gasteiger partial charge >= 0.3 is 18.3 Å². The molecule has 0 atom stereocenters. The normalized spacial score (nSPS) is 12.9. The summed E-state index contributed by atoms with van der Waals surface area (Å²) < 4.78 is 78.6. The molecule has 59 heavy (non-hydrogen) atoms. The summed E-state index contributed by atoms with van der Waals surface area (Å²) in [5.41, 5.74) is 9.03. The number of hydrogen-bond donors (Lipinski definition) is 3. The van der Waals surface area contributed by atoms with Crippen molar-refractivity contribution in [2.24, 2.45) is 5.92 Å². The van der Waals surface area contributed by atoms with Crippen LogP contribution in [-0.4, -0.2) is 61.1 Å². The smallest absolute Gasteiger partial charge is 0.390 e. The summed E-state index contributed by atoms with van der Waals surface area (Å²) in [5, 5.41) is 14.8. The maximum absolute atomic E-state index is 12.5. The zero-order valence-electron chi connectivity index (χ0n) is 32.3. The van der Waals surface area contributed by atoms with Crippen LogP contribution in [-0.2, 0) is 0 Å². The number of carbonyl (C=O) groups is 2. The average Bonchev–Trinajstić information content (AvgIpc) is 3.70. The predicted octanol–water partition coefficient (Wildman–Crippen LogP) is 11.3. The monoisotopic (exact) mass is 816 g/mol. The average molecular weight is 817 g/mol. The molecule has 0 amide bonds. The second-order valence-electron chi connectivity index (χ2n) is 14.5. The predicted molar refractivity (Wildman–Crippen MR) is 218 cm³/mol. The van der Waals surface area contributed by atoms with Gasteiger partial charge in [0.1, 0.15) is 0 Å². The van der Waals surface area contributed by atoms with Crippen molar-refractivity contribution in [1.29, 1.82) is 0 Å². The van der Waals surface area contributed by atoms with Gasteiger partial charge in [-0.15, -0.1) is 0 Å². The molecule has 3 N–H and O–H groups in total. The number of carboxylic acid groups (broad SMARTS) is 1. The quantitative estimate of drug-likeness (QED) is 0.0741. The third-order valence-electron chi connectivity index (χ3n) is 9.92. The molecule has 0 aliphatic heterocycles. The number of hydrogen-bond acceptors (Lipinski definition) is 6. The lowest BCUT2D eigenvalue weighted by Gasteiger charge is -2.12. The molecule has 0 radical (unpaired) electrons. The minimum Gasteiger partial charge on any atom is -0.478 e. The highest BCUT2D eigenvalue weighted by molar-refractivity contribution is 5.98. The van der Waals surface area contributed by atoms with E-state index in [2.05, 4.69) is 33.8 Å². The van der Waals surface area contributed by atoms with Crippen molar-refractivity contribution >= 4 is 46.6 Å². The Morgan fingerprint density at radius 3 is 1.56 bits per heavy atom. The number of anilines is 2. The number of fused-ring (bicyclic) bond motifs is 2. The molecular weight excluding hydrogens is 775 g/mol. The summed E-state index contributed by atoms with van der Waals surface area (Å²) >= 11 is 0. The van der Waals surface area contributed by atoms with E-state index in [4.69, 9.17) is 0 Å². The van der Waals surface area contributed by atoms with Gasteiger partial charge in [0.15, 0.2) is 17.1 Å². The van der Waals surface area contributed by atoms with Crippen LogP contribution < -0.4 is 10.6 Å². The Labute approximate surface area is 336 Å². The summed E-state index contributed by atoms with van der Waals surface area (Å²) in [6, 6.07) is 14.1. The van der Waals surface area contributed by atoms with Crippen molar-refractivity contribution in [2.75, 3.05) is 23.7 Å². The number of nitrogens with one attached hydrogen (secondary N) is 2. The third kappa shape index (κ3) is 10.4. The molecule has 0 saturated heterocycles. The first kappa shape index (κ1) is 42.2. The largest absolute Gasteiger partial charge is 0.478 e. The number of nitrogens with zero attached hydrogens (tertiary/aromatic N) is 4. The van der Waals surface area contributed by atoms with Gasteiger partial charge in [-0.2, -0.15) is 26.3 Å². The fourth-order valence-corrected chi connectivity index (χ4v) is 6.70. The zero-order chi connectivity index (χ0) is 42.6. The first-order valence-corrected chi connectivity index (χ1v) is 18.8. The van der Waals surface area contributed by atoms with Crippen molar-refractivity contribution in [1.82, 2.24) is 18.8 Å². The lowest BCUT2D eigenvalue weighted by Crippen LogP contribution is -2.15. The van der Waals surface area contributed by atoms with Crippen LogP contribution in [0.2, 0.25) is 0 Å². The van der Waals surface area contributed by atoms with Gasteiger partial charge < -0.3 is 15.7 Å². The van der Waals surface area contributed by atoms with E-state index in [1.165, 1.54) is 6.07 Å². The fourth-order valence-electron chi connectivity index (χ4n) is 6.70. The van der Waals surface area contributed by atoms with E-state index in [1.807, 2.05) is 35.7 Å². The van der Waals surface area contributed by atoms with E-state index < -0.39 is 31.2 Å². The van der Waals surface area contributed by atoms with Crippen molar-refractivity contribution in [3.8, 4) is 22.5 Å². The van der Waals surface area contributed by atoms with Crippen LogP contribution in [0.25, 0.3) is 46.0 Å². The van der Waals surface area contributed by atoms with E-state index in [0.717, 1.165) is 46.4 Å². The molecule has 4 aromatic heterocycles. The van der Waals surface area contributed by atoms with E-state index in [1.54, 1.807) is 66.3 Å². The Balaban J connectivity index is 0.000000199. The zero-order valence-corrected chi connectivity index (χ0v) is 32.3. The Bertz CT molecular complexity index is 2550. The number of aryl methyl sites for hydroxylation is 2. The minimum atomic E-state index is -4.25. The lowest BCUT2D eigenvalue weighted by molar-refractivity contribution is -0.132. The maximum Gasteiger partial charge on any atom is 0.390 e. The number of ketones is 1. The molecule has 1 aliphatic carbocycles. The number of rotatable bonds is 14. The topological polar surface area (TPSA) is 113 Å². The number of aromatic carboxylic acids is 1. The van der Waals surface area contributed by atoms with Crippen LogP contribution >= 0.6 is 0 Å². The minimum absolute atomic E-state index is 0.176. The van der Waals surface area contributed by atoms with Gasteiger partial charge in [0.05, 0.1) is 53.6 Å². The number of pyridine rings is 2. The number of carboxylic acids is 1. The summed E-state index contributed by atoms with van der Waals surface area (Å²) in [6.07, 6.45) is 2.67. The lowest BCUT2D eigenvalue weighted by atomic mass is 9.98. The molecule has 4 heterocycles. The van der Waals surface area contributed by atoms with Gasteiger partial charge in [-0.3, -0.25) is 13.6 Å². The molecule has 6 aromatic rings. The molecule has 1 saturated carbocycles. The summed E-state index contributed by atoms with van der Waals surface area (Å²) in [7, 11) is 0. The molecule has 2 aromatic carbocycles. The third-order valence-corrected chi connectivity index (χ3v) is 9.92. The summed E-state index contributed by atoms with van der Waals surface area (Å²) in [4.78, 5) is 32.5. The van der Waals surface area contributed by atoms with Gasteiger partial charge in [-0.05, 0) is 85.2 Å². The highest BCUT2D eigenvalue weighted by Gasteiger charge is 2.28. The number of benzene rings is 2. The van der Waals surface area contributed by atoms with Crippen LogP contribution in [0.4, 0.5) is 37.7 Å².